The van der Waals surface area contributed by atoms with Crippen LogP contribution in [0.3, 0.4) is 0 Å². The molecule has 3 N–H and O–H groups in total. The molecular formula is C20H20ClN3O2. The summed E-state index contributed by atoms with van der Waals surface area (Å²) in [5.74, 6) is -0.276. The van der Waals surface area contributed by atoms with Crippen molar-refractivity contribution in [2.24, 2.45) is 0 Å². The Bertz CT molecular complexity index is 858. The van der Waals surface area contributed by atoms with Gasteiger partial charge in [0.05, 0.1) is 11.6 Å². The molecule has 0 bridgehead atoms. The van der Waals surface area contributed by atoms with Crippen molar-refractivity contribution in [1.29, 1.82) is 0 Å². The van der Waals surface area contributed by atoms with Gasteiger partial charge in [0.2, 0.25) is 0 Å². The van der Waals surface area contributed by atoms with E-state index in [4.69, 9.17) is 11.6 Å². The van der Waals surface area contributed by atoms with Gasteiger partial charge >= 0.3 is 6.03 Å². The van der Waals surface area contributed by atoms with E-state index in [1.807, 2.05) is 24.3 Å². The van der Waals surface area contributed by atoms with Crippen LogP contribution in [-0.4, -0.2) is 11.9 Å². The summed E-state index contributed by atoms with van der Waals surface area (Å²) < 4.78 is 0. The Morgan fingerprint density at radius 2 is 1.77 bits per heavy atom. The molecule has 3 amide bonds. The number of urea groups is 1. The fraction of sp³-hybridized carbons (Fsp3) is 0.200. The Morgan fingerprint density at radius 3 is 2.38 bits per heavy atom. The van der Waals surface area contributed by atoms with Crippen LogP contribution in [0.25, 0.3) is 0 Å². The minimum Gasteiger partial charge on any atom is -0.327 e. The van der Waals surface area contributed by atoms with Gasteiger partial charge in [-0.15, -0.1) is 0 Å². The average molecular weight is 370 g/mol. The maximum absolute atomic E-state index is 12.9. The third kappa shape index (κ3) is 3.89. The van der Waals surface area contributed by atoms with Crippen LogP contribution in [0.15, 0.2) is 59.8 Å². The first-order valence-corrected chi connectivity index (χ1v) is 8.79. The highest BCUT2D eigenvalue weighted by Crippen LogP contribution is 2.28. The van der Waals surface area contributed by atoms with E-state index in [0.29, 0.717) is 22.0 Å². The summed E-state index contributed by atoms with van der Waals surface area (Å²) in [6.07, 6.45) is 0.928. The molecule has 0 radical (unpaired) electrons. The molecular weight excluding hydrogens is 350 g/mol. The number of amides is 3. The first-order valence-electron chi connectivity index (χ1n) is 8.42. The van der Waals surface area contributed by atoms with Crippen LogP contribution in [0.5, 0.6) is 0 Å². The van der Waals surface area contributed by atoms with Crippen molar-refractivity contribution in [3.63, 3.8) is 0 Å². The zero-order valence-electron chi connectivity index (χ0n) is 14.6. The van der Waals surface area contributed by atoms with E-state index in [-0.39, 0.29) is 11.9 Å². The Hall–Kier alpha value is -2.79. The molecule has 3 rings (SSSR count). The van der Waals surface area contributed by atoms with Gasteiger partial charge in [-0.2, -0.15) is 0 Å². The van der Waals surface area contributed by atoms with Crippen molar-refractivity contribution in [2.75, 3.05) is 5.32 Å². The number of anilines is 1. The van der Waals surface area contributed by atoms with Crippen molar-refractivity contribution in [2.45, 2.75) is 26.3 Å². The monoisotopic (exact) mass is 369 g/mol. The quantitative estimate of drug-likeness (QED) is 0.757. The molecule has 0 saturated heterocycles. The fourth-order valence-electron chi connectivity index (χ4n) is 2.92. The number of nitrogens with one attached hydrogen (secondary N) is 3. The number of benzene rings is 2. The lowest BCUT2D eigenvalue weighted by atomic mass is 9.94. The number of halogens is 1. The Morgan fingerprint density at radius 1 is 1.12 bits per heavy atom. The minimum atomic E-state index is -0.512. The van der Waals surface area contributed by atoms with Gasteiger partial charge in [0.15, 0.2) is 0 Å². The van der Waals surface area contributed by atoms with Crippen molar-refractivity contribution < 1.29 is 9.59 Å². The van der Waals surface area contributed by atoms with E-state index in [1.165, 1.54) is 5.56 Å². The third-order valence-corrected chi connectivity index (χ3v) is 4.59. The number of rotatable bonds is 4. The van der Waals surface area contributed by atoms with Gasteiger partial charge in [0, 0.05) is 16.4 Å². The molecule has 0 unspecified atom stereocenters. The van der Waals surface area contributed by atoms with Crippen LogP contribution in [0.2, 0.25) is 5.02 Å². The maximum atomic E-state index is 12.9. The summed E-state index contributed by atoms with van der Waals surface area (Å²) >= 11 is 5.88. The molecule has 0 fully saturated rings. The smallest absolute Gasteiger partial charge is 0.319 e. The SMILES string of the molecule is CCc1ccc([C@@H]2NC(=O)NC(C)=C2C(=O)Nc2ccc(Cl)cc2)cc1. The number of aryl methyl sites for hydroxylation is 1. The third-order valence-electron chi connectivity index (χ3n) is 4.34. The second kappa shape index (κ2) is 7.62. The molecule has 1 atom stereocenters. The number of allylic oxidation sites excluding steroid dienone is 1. The molecule has 5 nitrogen and oxygen atoms in total. The molecule has 2 aromatic carbocycles. The van der Waals surface area contributed by atoms with Crippen LogP contribution in [0.4, 0.5) is 10.5 Å². The van der Waals surface area contributed by atoms with E-state index >= 15 is 0 Å². The molecule has 0 aromatic heterocycles. The maximum Gasteiger partial charge on any atom is 0.319 e. The predicted octanol–water partition coefficient (Wildman–Crippen LogP) is 4.17. The summed E-state index contributed by atoms with van der Waals surface area (Å²) in [6.45, 7) is 3.80. The van der Waals surface area contributed by atoms with Crippen LogP contribution in [0, 0.1) is 0 Å². The zero-order valence-corrected chi connectivity index (χ0v) is 15.4. The lowest BCUT2D eigenvalue weighted by Gasteiger charge is -2.28. The second-order valence-corrected chi connectivity index (χ2v) is 6.56. The molecule has 1 aliphatic heterocycles. The molecule has 26 heavy (non-hydrogen) atoms. The number of carbonyl (C=O) groups is 2. The molecule has 6 heteroatoms. The molecule has 0 spiro atoms. The Labute approximate surface area is 157 Å². The minimum absolute atomic E-state index is 0.276. The highest BCUT2D eigenvalue weighted by Gasteiger charge is 2.31. The topological polar surface area (TPSA) is 70.2 Å². The van der Waals surface area contributed by atoms with E-state index in [9.17, 15) is 9.59 Å². The van der Waals surface area contributed by atoms with Gasteiger partial charge in [0.25, 0.3) is 5.91 Å². The van der Waals surface area contributed by atoms with Gasteiger partial charge in [-0.05, 0) is 48.7 Å². The molecule has 0 saturated carbocycles. The Balaban J connectivity index is 1.91. The first-order chi connectivity index (χ1) is 12.5. The number of hydrogen-bond acceptors (Lipinski definition) is 2. The summed E-state index contributed by atoms with van der Waals surface area (Å²) in [5.41, 5.74) is 3.70. The van der Waals surface area contributed by atoms with Crippen LogP contribution < -0.4 is 16.0 Å². The number of carbonyl (C=O) groups excluding carboxylic acids is 2. The predicted molar refractivity (Wildman–Crippen MR) is 103 cm³/mol. The lowest BCUT2D eigenvalue weighted by Crippen LogP contribution is -2.45. The van der Waals surface area contributed by atoms with Gasteiger partial charge in [-0.3, -0.25) is 4.79 Å². The van der Waals surface area contributed by atoms with E-state index < -0.39 is 6.04 Å². The summed E-state index contributed by atoms with van der Waals surface area (Å²) in [5, 5.41) is 8.97. The van der Waals surface area contributed by atoms with Crippen molar-refractivity contribution in [3.8, 4) is 0 Å². The summed E-state index contributed by atoms with van der Waals surface area (Å²) in [4.78, 5) is 24.8. The van der Waals surface area contributed by atoms with E-state index in [1.54, 1.807) is 31.2 Å². The van der Waals surface area contributed by atoms with Crippen molar-refractivity contribution >= 4 is 29.2 Å². The Kier molecular flexibility index (Phi) is 5.28. The molecule has 2 aromatic rings. The lowest BCUT2D eigenvalue weighted by molar-refractivity contribution is -0.113. The molecule has 134 valence electrons. The molecule has 0 aliphatic carbocycles. The second-order valence-electron chi connectivity index (χ2n) is 6.13. The van der Waals surface area contributed by atoms with E-state index in [0.717, 1.165) is 12.0 Å². The summed E-state index contributed by atoms with van der Waals surface area (Å²) in [7, 11) is 0. The van der Waals surface area contributed by atoms with Crippen molar-refractivity contribution in [1.82, 2.24) is 10.6 Å². The van der Waals surface area contributed by atoms with Gasteiger partial charge < -0.3 is 16.0 Å². The highest BCUT2D eigenvalue weighted by atomic mass is 35.5. The van der Waals surface area contributed by atoms with Gasteiger partial charge in [-0.1, -0.05) is 42.8 Å². The van der Waals surface area contributed by atoms with E-state index in [2.05, 4.69) is 22.9 Å². The average Bonchev–Trinajstić information content (AvgIpc) is 2.63. The van der Waals surface area contributed by atoms with Crippen LogP contribution in [0.1, 0.15) is 31.0 Å². The van der Waals surface area contributed by atoms with Crippen molar-refractivity contribution in [3.05, 3.63) is 76.0 Å². The first kappa shape index (κ1) is 18.0. The molecule has 1 heterocycles. The van der Waals surface area contributed by atoms with Gasteiger partial charge in [0.1, 0.15) is 0 Å². The normalized spacial score (nSPS) is 16.7. The molecule has 1 aliphatic rings. The number of hydrogen-bond donors (Lipinski definition) is 3. The fourth-order valence-corrected chi connectivity index (χ4v) is 3.05. The standard InChI is InChI=1S/C20H20ClN3O2/c1-3-13-4-6-14(7-5-13)18-17(12(2)22-20(26)24-18)19(25)23-16-10-8-15(21)9-11-16/h4-11,18H,3H2,1-2H3,(H,23,25)(H2,22,24,26)/t18-/m0/s1. The largest absolute Gasteiger partial charge is 0.327 e. The zero-order chi connectivity index (χ0) is 18.7. The van der Waals surface area contributed by atoms with Crippen LogP contribution >= 0.6 is 11.6 Å². The van der Waals surface area contributed by atoms with Crippen LogP contribution in [-0.2, 0) is 11.2 Å². The summed E-state index contributed by atoms with van der Waals surface area (Å²) in [6, 6.07) is 13.9. The highest BCUT2D eigenvalue weighted by molar-refractivity contribution is 6.30. The van der Waals surface area contributed by atoms with Gasteiger partial charge in [-0.25, -0.2) is 4.79 Å².